The van der Waals surface area contributed by atoms with E-state index in [-0.39, 0.29) is 17.1 Å². The van der Waals surface area contributed by atoms with Gasteiger partial charge in [0.05, 0.1) is 13.0 Å². The Kier molecular flexibility index (Phi) is 4.48. The molecule has 0 aromatic heterocycles. The molecule has 0 bridgehead atoms. The lowest BCUT2D eigenvalue weighted by atomic mass is 9.87. The smallest absolute Gasteiger partial charge is 0.310 e. The Balaban J connectivity index is 2.13. The molecule has 0 spiro atoms. The van der Waals surface area contributed by atoms with Crippen molar-refractivity contribution < 1.29 is 9.53 Å². The van der Waals surface area contributed by atoms with Crippen molar-refractivity contribution in [2.45, 2.75) is 23.5 Å². The van der Waals surface area contributed by atoms with Gasteiger partial charge in [0.15, 0.2) is 0 Å². The van der Waals surface area contributed by atoms with Crippen LogP contribution in [0.25, 0.3) is 0 Å². The Bertz CT molecular complexity index is 427. The molecule has 3 heteroatoms. The van der Waals surface area contributed by atoms with Crippen LogP contribution in [0, 0.1) is 11.8 Å². The summed E-state index contributed by atoms with van der Waals surface area (Å²) in [4.78, 5) is 13.0. The number of carbonyl (C=O) groups is 1. The molecule has 3 atom stereocenters. The van der Waals surface area contributed by atoms with Gasteiger partial charge in [0.2, 0.25) is 0 Å². The Morgan fingerprint density at radius 1 is 1.28 bits per heavy atom. The molecule has 2 rings (SSSR count). The summed E-state index contributed by atoms with van der Waals surface area (Å²) in [7, 11) is 1.47. The van der Waals surface area contributed by atoms with Crippen molar-refractivity contribution in [1.29, 1.82) is 0 Å². The van der Waals surface area contributed by atoms with Gasteiger partial charge in [-0.15, -0.1) is 11.8 Å². The second-order valence-electron chi connectivity index (χ2n) is 4.62. The summed E-state index contributed by atoms with van der Waals surface area (Å²) < 4.78 is 4.92. The molecule has 3 unspecified atom stereocenters. The van der Waals surface area contributed by atoms with Gasteiger partial charge in [-0.3, -0.25) is 4.79 Å². The number of allylic oxidation sites excluding steroid dienone is 1. The topological polar surface area (TPSA) is 26.3 Å². The van der Waals surface area contributed by atoms with Crippen LogP contribution in [0.5, 0.6) is 0 Å². The van der Waals surface area contributed by atoms with Crippen molar-refractivity contribution in [3.63, 3.8) is 0 Å². The van der Waals surface area contributed by atoms with Crippen LogP contribution in [-0.2, 0) is 9.53 Å². The van der Waals surface area contributed by atoms with Gasteiger partial charge >= 0.3 is 5.97 Å². The summed E-state index contributed by atoms with van der Waals surface area (Å²) >= 11 is 1.73. The molecule has 96 valence electrons. The molecule has 0 amide bonds. The molecular weight excluding hydrogens is 244 g/mol. The highest BCUT2D eigenvalue weighted by Gasteiger charge is 2.32. The first kappa shape index (κ1) is 13.2. The first-order valence-electron chi connectivity index (χ1n) is 6.18. The van der Waals surface area contributed by atoms with Crippen molar-refractivity contribution in [3.05, 3.63) is 42.5 Å². The molecule has 1 aromatic carbocycles. The fraction of sp³-hybridized carbons (Fsp3) is 0.400. The molecule has 0 N–H and O–H groups in total. The molecule has 1 aliphatic carbocycles. The van der Waals surface area contributed by atoms with Crippen molar-refractivity contribution >= 4 is 17.7 Å². The standard InChI is InChI=1S/C15H18O2S/c1-11-8-9-14(13(10-11)15(16)17-2)18-12-6-4-3-5-7-12/h3-9,11,13-14H,10H2,1-2H3. The summed E-state index contributed by atoms with van der Waals surface area (Å²) in [6, 6.07) is 10.2. The van der Waals surface area contributed by atoms with Gasteiger partial charge in [-0.25, -0.2) is 0 Å². The minimum atomic E-state index is -0.0976. The zero-order valence-electron chi connectivity index (χ0n) is 10.7. The van der Waals surface area contributed by atoms with Crippen LogP contribution in [0.15, 0.2) is 47.4 Å². The second kappa shape index (κ2) is 6.10. The van der Waals surface area contributed by atoms with E-state index in [0.717, 1.165) is 6.42 Å². The summed E-state index contributed by atoms with van der Waals surface area (Å²) in [6.07, 6.45) is 5.21. The van der Waals surface area contributed by atoms with Crippen LogP contribution in [0.4, 0.5) is 0 Å². The maximum Gasteiger partial charge on any atom is 0.310 e. The van der Waals surface area contributed by atoms with Crippen LogP contribution in [-0.4, -0.2) is 18.3 Å². The van der Waals surface area contributed by atoms with E-state index in [2.05, 4.69) is 31.2 Å². The van der Waals surface area contributed by atoms with Crippen molar-refractivity contribution in [2.24, 2.45) is 11.8 Å². The molecule has 0 aliphatic heterocycles. The third kappa shape index (κ3) is 3.16. The fourth-order valence-corrected chi connectivity index (χ4v) is 3.39. The highest BCUT2D eigenvalue weighted by Crippen LogP contribution is 2.36. The largest absolute Gasteiger partial charge is 0.469 e. The molecule has 0 saturated carbocycles. The van der Waals surface area contributed by atoms with Crippen LogP contribution in [0.1, 0.15) is 13.3 Å². The number of methoxy groups -OCH3 is 1. The van der Waals surface area contributed by atoms with Gasteiger partial charge in [-0.1, -0.05) is 37.3 Å². The number of rotatable bonds is 3. The maximum atomic E-state index is 11.8. The molecule has 1 aromatic rings. The molecule has 0 fully saturated rings. The van der Waals surface area contributed by atoms with E-state index in [9.17, 15) is 4.79 Å². The number of benzene rings is 1. The quantitative estimate of drug-likeness (QED) is 0.615. The van der Waals surface area contributed by atoms with Gasteiger partial charge in [0.1, 0.15) is 0 Å². The van der Waals surface area contributed by atoms with Gasteiger partial charge < -0.3 is 4.74 Å². The summed E-state index contributed by atoms with van der Waals surface area (Å²) in [5, 5.41) is 0.177. The number of thioether (sulfide) groups is 1. The Labute approximate surface area is 112 Å². The van der Waals surface area contributed by atoms with Crippen LogP contribution in [0.3, 0.4) is 0 Å². The Morgan fingerprint density at radius 3 is 2.67 bits per heavy atom. The van der Waals surface area contributed by atoms with Crippen LogP contribution in [0.2, 0.25) is 0 Å². The maximum absolute atomic E-state index is 11.8. The number of carbonyl (C=O) groups excluding carboxylic acids is 1. The van der Waals surface area contributed by atoms with E-state index in [1.165, 1.54) is 12.0 Å². The van der Waals surface area contributed by atoms with Crippen molar-refractivity contribution in [1.82, 2.24) is 0 Å². The molecule has 0 heterocycles. The Morgan fingerprint density at radius 2 is 2.00 bits per heavy atom. The number of hydrogen-bond donors (Lipinski definition) is 0. The van der Waals surface area contributed by atoms with E-state index >= 15 is 0 Å². The number of esters is 1. The van der Waals surface area contributed by atoms with E-state index in [1.807, 2.05) is 18.2 Å². The zero-order chi connectivity index (χ0) is 13.0. The highest BCUT2D eigenvalue weighted by molar-refractivity contribution is 8.00. The van der Waals surface area contributed by atoms with E-state index < -0.39 is 0 Å². The van der Waals surface area contributed by atoms with Crippen molar-refractivity contribution in [3.8, 4) is 0 Å². The first-order valence-corrected chi connectivity index (χ1v) is 7.06. The van der Waals surface area contributed by atoms with Gasteiger partial charge in [-0.05, 0) is 24.5 Å². The lowest BCUT2D eigenvalue weighted by Gasteiger charge is -2.28. The third-order valence-corrected chi connectivity index (χ3v) is 4.47. The second-order valence-corrected chi connectivity index (χ2v) is 5.87. The number of hydrogen-bond acceptors (Lipinski definition) is 3. The molecular formula is C15H18O2S. The minimum absolute atomic E-state index is 0.0415. The first-order chi connectivity index (χ1) is 8.70. The molecule has 0 saturated heterocycles. The third-order valence-electron chi connectivity index (χ3n) is 3.17. The molecule has 18 heavy (non-hydrogen) atoms. The average Bonchev–Trinajstić information content (AvgIpc) is 2.41. The summed E-state index contributed by atoms with van der Waals surface area (Å²) in [5.74, 6) is 0.307. The van der Waals surface area contributed by atoms with E-state index in [4.69, 9.17) is 4.74 Å². The Hall–Kier alpha value is -1.22. The lowest BCUT2D eigenvalue weighted by molar-refractivity contribution is -0.145. The molecule has 0 radical (unpaired) electrons. The van der Waals surface area contributed by atoms with Gasteiger partial charge in [-0.2, -0.15) is 0 Å². The highest BCUT2D eigenvalue weighted by atomic mass is 32.2. The monoisotopic (exact) mass is 262 g/mol. The predicted molar refractivity (Wildman–Crippen MR) is 74.5 cm³/mol. The average molecular weight is 262 g/mol. The molecule has 1 aliphatic rings. The van der Waals surface area contributed by atoms with Gasteiger partial charge in [0.25, 0.3) is 0 Å². The lowest BCUT2D eigenvalue weighted by Crippen LogP contribution is -2.30. The number of ether oxygens (including phenoxy) is 1. The SMILES string of the molecule is COC(=O)C1CC(C)C=CC1Sc1ccccc1. The van der Waals surface area contributed by atoms with E-state index in [0.29, 0.717) is 5.92 Å². The molecule has 2 nitrogen and oxygen atoms in total. The zero-order valence-corrected chi connectivity index (χ0v) is 11.5. The summed E-state index contributed by atoms with van der Waals surface area (Å²) in [5.41, 5.74) is 0. The normalized spacial score (nSPS) is 26.9. The van der Waals surface area contributed by atoms with Crippen LogP contribution >= 0.6 is 11.8 Å². The van der Waals surface area contributed by atoms with Crippen LogP contribution < -0.4 is 0 Å². The van der Waals surface area contributed by atoms with E-state index in [1.54, 1.807) is 11.8 Å². The van der Waals surface area contributed by atoms with Gasteiger partial charge in [0, 0.05) is 10.1 Å². The predicted octanol–water partition coefficient (Wildman–Crippen LogP) is 3.53. The fourth-order valence-electron chi connectivity index (χ4n) is 2.21. The summed E-state index contributed by atoms with van der Waals surface area (Å²) in [6.45, 7) is 2.13. The van der Waals surface area contributed by atoms with Crippen molar-refractivity contribution in [2.75, 3.05) is 7.11 Å². The minimum Gasteiger partial charge on any atom is -0.469 e.